The first kappa shape index (κ1) is 21.5. The first-order valence-electron chi connectivity index (χ1n) is 7.92. The predicted octanol–water partition coefficient (Wildman–Crippen LogP) is 3.10. The Labute approximate surface area is 136 Å². The van der Waals surface area contributed by atoms with Gasteiger partial charge in [-0.1, -0.05) is 6.08 Å². The Hall–Kier alpha value is -0.533. The molecule has 0 heterocycles. The number of hydrogen-bond donors (Lipinski definition) is 1. The van der Waals surface area contributed by atoms with Crippen LogP contribution in [-0.2, 0) is 18.1 Å². The molecule has 0 aromatic carbocycles. The maximum Gasteiger partial charge on any atom is 0.502 e. The summed E-state index contributed by atoms with van der Waals surface area (Å²) in [6.45, 7) is 12.9. The van der Waals surface area contributed by atoms with Crippen LogP contribution in [0.5, 0.6) is 0 Å². The van der Waals surface area contributed by atoms with Crippen molar-refractivity contribution in [3.05, 3.63) is 12.2 Å². The largest absolute Gasteiger partial charge is 0.502 e. The van der Waals surface area contributed by atoms with E-state index in [1.165, 1.54) is 6.08 Å². The first-order valence-corrected chi connectivity index (χ1v) is 9.85. The number of ketones is 1. The molecule has 0 amide bonds. The van der Waals surface area contributed by atoms with Crippen molar-refractivity contribution in [3.63, 3.8) is 0 Å². The third-order valence-electron chi connectivity index (χ3n) is 2.79. The van der Waals surface area contributed by atoms with Gasteiger partial charge in [0.15, 0.2) is 5.78 Å². The standard InChI is InChI=1S/C16H32O5Si/c1-8-10-15(18)16(6,7)21-22(12-9-11-17,19-13(2)3)20-14(4)5/h8,10,13-14,17H,9,11-12H2,1-7H3. The molecule has 1 N–H and O–H groups in total. The van der Waals surface area contributed by atoms with Crippen LogP contribution in [0.15, 0.2) is 12.2 Å². The molecule has 0 aliphatic carbocycles. The lowest BCUT2D eigenvalue weighted by Gasteiger charge is -2.38. The number of carbonyl (C=O) groups is 1. The third-order valence-corrected chi connectivity index (χ3v) is 6.24. The molecule has 0 aromatic rings. The van der Waals surface area contributed by atoms with E-state index in [9.17, 15) is 4.79 Å². The van der Waals surface area contributed by atoms with Gasteiger partial charge in [-0.05, 0) is 61.0 Å². The van der Waals surface area contributed by atoms with Gasteiger partial charge in [0.2, 0.25) is 0 Å². The van der Waals surface area contributed by atoms with Crippen molar-refractivity contribution in [2.45, 2.75) is 78.7 Å². The van der Waals surface area contributed by atoms with Crippen LogP contribution in [0.1, 0.15) is 54.9 Å². The summed E-state index contributed by atoms with van der Waals surface area (Å²) in [5.74, 6) is -0.129. The molecule has 0 aliphatic rings. The molecule has 0 bridgehead atoms. The Morgan fingerprint density at radius 3 is 2.05 bits per heavy atom. The molecule has 0 radical (unpaired) electrons. The van der Waals surface area contributed by atoms with Crippen molar-refractivity contribution in [1.82, 2.24) is 0 Å². The fourth-order valence-electron chi connectivity index (χ4n) is 2.05. The Balaban J connectivity index is 5.44. The summed E-state index contributed by atoms with van der Waals surface area (Å²) in [6.07, 6.45) is 3.53. The molecule has 6 heteroatoms. The van der Waals surface area contributed by atoms with Crippen LogP contribution in [-0.4, -0.2) is 44.1 Å². The van der Waals surface area contributed by atoms with Crippen LogP contribution in [0, 0.1) is 0 Å². The van der Waals surface area contributed by atoms with Gasteiger partial charge in [0.1, 0.15) is 5.60 Å². The zero-order valence-corrected chi connectivity index (χ0v) is 16.0. The average molecular weight is 333 g/mol. The molecule has 0 saturated carbocycles. The smallest absolute Gasteiger partial charge is 0.396 e. The lowest BCUT2D eigenvalue weighted by atomic mass is 10.0. The van der Waals surface area contributed by atoms with Crippen molar-refractivity contribution in [2.24, 2.45) is 0 Å². The van der Waals surface area contributed by atoms with E-state index in [-0.39, 0.29) is 24.6 Å². The molecule has 22 heavy (non-hydrogen) atoms. The quantitative estimate of drug-likeness (QED) is 0.465. The van der Waals surface area contributed by atoms with Gasteiger partial charge in [0, 0.05) is 24.9 Å². The average Bonchev–Trinajstić information content (AvgIpc) is 2.34. The molecule has 0 fully saturated rings. The highest BCUT2D eigenvalue weighted by Crippen LogP contribution is 2.28. The Bertz CT molecular complexity index is 354. The van der Waals surface area contributed by atoms with E-state index in [0.29, 0.717) is 12.5 Å². The van der Waals surface area contributed by atoms with Crippen molar-refractivity contribution in [3.8, 4) is 0 Å². The van der Waals surface area contributed by atoms with E-state index in [2.05, 4.69) is 0 Å². The number of rotatable bonds is 11. The monoisotopic (exact) mass is 332 g/mol. The zero-order chi connectivity index (χ0) is 17.4. The van der Waals surface area contributed by atoms with Gasteiger partial charge < -0.3 is 18.4 Å². The van der Waals surface area contributed by atoms with Crippen LogP contribution < -0.4 is 0 Å². The molecule has 0 spiro atoms. The van der Waals surface area contributed by atoms with Gasteiger partial charge in [0.25, 0.3) is 0 Å². The highest BCUT2D eigenvalue weighted by atomic mass is 28.4. The van der Waals surface area contributed by atoms with Crippen LogP contribution in [0.3, 0.4) is 0 Å². The molecular formula is C16H32O5Si. The molecule has 130 valence electrons. The molecule has 0 atom stereocenters. The highest BCUT2D eigenvalue weighted by Gasteiger charge is 2.48. The van der Waals surface area contributed by atoms with Gasteiger partial charge in [-0.3, -0.25) is 4.79 Å². The van der Waals surface area contributed by atoms with E-state index in [1.807, 2.05) is 27.7 Å². The molecule has 5 nitrogen and oxygen atoms in total. The van der Waals surface area contributed by atoms with E-state index >= 15 is 0 Å². The summed E-state index contributed by atoms with van der Waals surface area (Å²) < 4.78 is 18.2. The molecule has 0 aliphatic heterocycles. The maximum atomic E-state index is 12.2. The van der Waals surface area contributed by atoms with Gasteiger partial charge in [-0.15, -0.1) is 0 Å². The summed E-state index contributed by atoms with van der Waals surface area (Å²) in [5, 5.41) is 9.17. The molecular weight excluding hydrogens is 300 g/mol. The molecule has 0 rings (SSSR count). The number of allylic oxidation sites excluding steroid dienone is 1. The van der Waals surface area contributed by atoms with Gasteiger partial charge in [-0.25, -0.2) is 0 Å². The topological polar surface area (TPSA) is 65.0 Å². The summed E-state index contributed by atoms with van der Waals surface area (Å²) >= 11 is 0. The minimum Gasteiger partial charge on any atom is -0.396 e. The Morgan fingerprint density at radius 1 is 1.18 bits per heavy atom. The normalized spacial score (nSPS) is 13.5. The van der Waals surface area contributed by atoms with Crippen LogP contribution in [0.2, 0.25) is 6.04 Å². The molecule has 0 unspecified atom stereocenters. The number of aliphatic hydroxyl groups excluding tert-OH is 1. The number of aliphatic hydroxyl groups is 1. The first-order chi connectivity index (χ1) is 10.1. The molecule has 0 saturated heterocycles. The van der Waals surface area contributed by atoms with Crippen molar-refractivity contribution >= 4 is 14.6 Å². The number of hydrogen-bond acceptors (Lipinski definition) is 5. The van der Waals surface area contributed by atoms with E-state index in [4.69, 9.17) is 18.4 Å². The summed E-state index contributed by atoms with van der Waals surface area (Å²) in [7, 11) is -3.08. The third kappa shape index (κ3) is 7.65. The second-order valence-corrected chi connectivity index (χ2v) is 8.86. The van der Waals surface area contributed by atoms with Gasteiger partial charge in [-0.2, -0.15) is 0 Å². The van der Waals surface area contributed by atoms with Gasteiger partial charge in [0.05, 0.1) is 0 Å². The minimum atomic E-state index is -3.08. The van der Waals surface area contributed by atoms with E-state index in [0.717, 1.165) is 0 Å². The SMILES string of the molecule is CC=CC(=O)C(C)(C)O[Si](CCCO)(OC(C)C)OC(C)C. The molecule has 0 aromatic heterocycles. The van der Waals surface area contributed by atoms with Crippen LogP contribution in [0.25, 0.3) is 0 Å². The lowest BCUT2D eigenvalue weighted by Crippen LogP contribution is -2.55. The number of carbonyl (C=O) groups excluding carboxylic acids is 1. The summed E-state index contributed by atoms with van der Waals surface area (Å²) in [4.78, 5) is 12.2. The Morgan fingerprint density at radius 2 is 1.68 bits per heavy atom. The fourth-order valence-corrected chi connectivity index (χ4v) is 5.44. The minimum absolute atomic E-state index is 0.0320. The van der Waals surface area contributed by atoms with E-state index < -0.39 is 14.4 Å². The summed E-state index contributed by atoms with van der Waals surface area (Å²) in [5.41, 5.74) is -1.03. The second kappa shape index (κ2) is 9.57. The zero-order valence-electron chi connectivity index (χ0n) is 15.0. The van der Waals surface area contributed by atoms with E-state index in [1.54, 1.807) is 26.8 Å². The predicted molar refractivity (Wildman–Crippen MR) is 89.7 cm³/mol. The lowest BCUT2D eigenvalue weighted by molar-refractivity contribution is -0.132. The Kier molecular flexibility index (Phi) is 9.34. The fraction of sp³-hybridized carbons (Fsp3) is 0.812. The van der Waals surface area contributed by atoms with Crippen molar-refractivity contribution < 1.29 is 23.2 Å². The summed E-state index contributed by atoms with van der Waals surface area (Å²) in [6, 6.07) is 0.479. The van der Waals surface area contributed by atoms with Gasteiger partial charge >= 0.3 is 8.80 Å². The maximum absolute atomic E-state index is 12.2. The van der Waals surface area contributed by atoms with Crippen molar-refractivity contribution in [1.29, 1.82) is 0 Å². The second-order valence-electron chi connectivity index (χ2n) is 6.32. The highest BCUT2D eigenvalue weighted by molar-refractivity contribution is 6.61. The van der Waals surface area contributed by atoms with Crippen molar-refractivity contribution in [2.75, 3.05) is 6.61 Å². The van der Waals surface area contributed by atoms with Crippen LogP contribution in [0.4, 0.5) is 0 Å². The van der Waals surface area contributed by atoms with Crippen LogP contribution >= 0.6 is 0 Å².